The van der Waals surface area contributed by atoms with E-state index in [2.05, 4.69) is 24.1 Å². The molecule has 2 rings (SSSR count). The van der Waals surface area contributed by atoms with E-state index >= 15 is 0 Å². The number of nitrogens with one attached hydrogen (secondary N) is 1. The van der Waals surface area contributed by atoms with Gasteiger partial charge in [-0.2, -0.15) is 0 Å². The van der Waals surface area contributed by atoms with Gasteiger partial charge in [0.25, 0.3) is 5.91 Å². The van der Waals surface area contributed by atoms with E-state index in [9.17, 15) is 4.79 Å². The molecule has 0 spiro atoms. The van der Waals surface area contributed by atoms with Crippen LogP contribution in [0.4, 0.5) is 5.69 Å². The number of nitrogens with zero attached hydrogens (tertiary/aromatic N) is 1. The lowest BCUT2D eigenvalue weighted by molar-refractivity contribution is 0.102. The molecule has 0 radical (unpaired) electrons. The molecule has 0 unspecified atom stereocenters. The molecule has 4 nitrogen and oxygen atoms in total. The van der Waals surface area contributed by atoms with E-state index in [0.717, 1.165) is 30.9 Å². The van der Waals surface area contributed by atoms with E-state index < -0.39 is 0 Å². The predicted octanol–water partition coefficient (Wildman–Crippen LogP) is 3.97. The average Bonchev–Trinajstić information content (AvgIpc) is 2.60. The molecule has 0 aliphatic heterocycles. The second-order valence-electron chi connectivity index (χ2n) is 5.70. The molecule has 24 heavy (non-hydrogen) atoms. The van der Waals surface area contributed by atoms with E-state index in [1.165, 1.54) is 0 Å². The standard InChI is InChI=1S/C20H26N2O2/c1-4-22(5-2)13-14-24-19-12-11-16(3)15-18(19)20(23)21-17-9-7-6-8-10-17/h6-12,15H,4-5,13-14H2,1-3H3,(H,21,23). The molecule has 0 saturated heterocycles. The van der Waals surface area contributed by atoms with Crippen LogP contribution in [0.25, 0.3) is 0 Å². The second kappa shape index (κ2) is 9.08. The summed E-state index contributed by atoms with van der Waals surface area (Å²) in [5.74, 6) is 0.476. The Bertz CT molecular complexity index is 652. The summed E-state index contributed by atoms with van der Waals surface area (Å²) in [6.45, 7) is 9.64. The van der Waals surface area contributed by atoms with Crippen LogP contribution >= 0.6 is 0 Å². The van der Waals surface area contributed by atoms with Gasteiger partial charge < -0.3 is 15.0 Å². The molecule has 128 valence electrons. The zero-order valence-corrected chi connectivity index (χ0v) is 14.7. The van der Waals surface area contributed by atoms with E-state index in [-0.39, 0.29) is 5.91 Å². The lowest BCUT2D eigenvalue weighted by Gasteiger charge is -2.19. The number of aryl methyl sites for hydroxylation is 1. The highest BCUT2D eigenvalue weighted by atomic mass is 16.5. The molecule has 0 aliphatic carbocycles. The first kappa shape index (κ1) is 18.0. The summed E-state index contributed by atoms with van der Waals surface area (Å²) in [7, 11) is 0. The minimum absolute atomic E-state index is 0.150. The Morgan fingerprint density at radius 2 is 1.79 bits per heavy atom. The van der Waals surface area contributed by atoms with Gasteiger partial charge in [0.05, 0.1) is 5.56 Å². The van der Waals surface area contributed by atoms with E-state index in [4.69, 9.17) is 4.74 Å². The quantitative estimate of drug-likeness (QED) is 0.798. The SMILES string of the molecule is CCN(CC)CCOc1ccc(C)cc1C(=O)Nc1ccccc1. The van der Waals surface area contributed by atoms with Crippen LogP contribution in [-0.2, 0) is 0 Å². The number of hydrogen-bond acceptors (Lipinski definition) is 3. The number of carbonyl (C=O) groups excluding carboxylic acids is 1. The summed E-state index contributed by atoms with van der Waals surface area (Å²) >= 11 is 0. The van der Waals surface area contributed by atoms with Crippen molar-refractivity contribution in [1.29, 1.82) is 0 Å². The third kappa shape index (κ3) is 5.10. The van der Waals surface area contributed by atoms with Crippen molar-refractivity contribution < 1.29 is 9.53 Å². The van der Waals surface area contributed by atoms with Crippen molar-refractivity contribution in [3.63, 3.8) is 0 Å². The van der Waals surface area contributed by atoms with Crippen molar-refractivity contribution in [1.82, 2.24) is 4.90 Å². The Kier molecular flexibility index (Phi) is 6.82. The maximum Gasteiger partial charge on any atom is 0.259 e. The monoisotopic (exact) mass is 326 g/mol. The molecule has 0 atom stereocenters. The van der Waals surface area contributed by atoms with Crippen molar-refractivity contribution >= 4 is 11.6 Å². The fraction of sp³-hybridized carbons (Fsp3) is 0.350. The highest BCUT2D eigenvalue weighted by molar-refractivity contribution is 6.06. The van der Waals surface area contributed by atoms with Crippen molar-refractivity contribution in [3.8, 4) is 5.75 Å². The highest BCUT2D eigenvalue weighted by Gasteiger charge is 2.13. The normalized spacial score (nSPS) is 10.7. The summed E-state index contributed by atoms with van der Waals surface area (Å²) < 4.78 is 5.88. The van der Waals surface area contributed by atoms with Gasteiger partial charge in [-0.25, -0.2) is 0 Å². The largest absolute Gasteiger partial charge is 0.491 e. The van der Waals surface area contributed by atoms with Crippen LogP contribution in [0.5, 0.6) is 5.75 Å². The minimum atomic E-state index is -0.150. The van der Waals surface area contributed by atoms with Crippen LogP contribution < -0.4 is 10.1 Å². The molecule has 0 fully saturated rings. The lowest BCUT2D eigenvalue weighted by atomic mass is 10.1. The van der Waals surface area contributed by atoms with Crippen LogP contribution in [0.3, 0.4) is 0 Å². The van der Waals surface area contributed by atoms with Gasteiger partial charge in [0, 0.05) is 12.2 Å². The lowest BCUT2D eigenvalue weighted by Crippen LogP contribution is -2.28. The molecule has 2 aromatic carbocycles. The zero-order valence-electron chi connectivity index (χ0n) is 14.7. The maximum atomic E-state index is 12.6. The van der Waals surface area contributed by atoms with Gasteiger partial charge in [0.15, 0.2) is 0 Å². The fourth-order valence-electron chi connectivity index (χ4n) is 2.49. The van der Waals surface area contributed by atoms with Crippen molar-refractivity contribution in [2.45, 2.75) is 20.8 Å². The topological polar surface area (TPSA) is 41.6 Å². The Morgan fingerprint density at radius 1 is 1.08 bits per heavy atom. The molecular formula is C20H26N2O2. The van der Waals surface area contributed by atoms with Crippen LogP contribution in [0.15, 0.2) is 48.5 Å². The van der Waals surface area contributed by atoms with Gasteiger partial charge >= 0.3 is 0 Å². The molecule has 0 heterocycles. The van der Waals surface area contributed by atoms with Gasteiger partial charge in [0.1, 0.15) is 12.4 Å². The summed E-state index contributed by atoms with van der Waals surface area (Å²) in [5.41, 5.74) is 2.38. The molecule has 2 aromatic rings. The Morgan fingerprint density at radius 3 is 2.46 bits per heavy atom. The molecule has 0 saturated carbocycles. The van der Waals surface area contributed by atoms with Gasteiger partial charge in [-0.15, -0.1) is 0 Å². The number of rotatable bonds is 8. The fourth-order valence-corrected chi connectivity index (χ4v) is 2.49. The van der Waals surface area contributed by atoms with E-state index in [1.807, 2.05) is 55.5 Å². The van der Waals surface area contributed by atoms with Crippen LogP contribution in [-0.4, -0.2) is 37.0 Å². The van der Waals surface area contributed by atoms with Crippen molar-refractivity contribution in [2.24, 2.45) is 0 Å². The third-order valence-electron chi connectivity index (χ3n) is 3.97. The summed E-state index contributed by atoms with van der Waals surface area (Å²) in [5, 5.41) is 2.92. The van der Waals surface area contributed by atoms with E-state index in [1.54, 1.807) is 0 Å². The average molecular weight is 326 g/mol. The zero-order chi connectivity index (χ0) is 17.4. The number of hydrogen-bond donors (Lipinski definition) is 1. The highest BCUT2D eigenvalue weighted by Crippen LogP contribution is 2.21. The summed E-state index contributed by atoms with van der Waals surface area (Å²) in [6, 6.07) is 15.2. The summed E-state index contributed by atoms with van der Waals surface area (Å²) in [4.78, 5) is 14.9. The number of likely N-dealkylation sites (N-methyl/N-ethyl adjacent to an activating group) is 1. The predicted molar refractivity (Wildman–Crippen MR) is 98.9 cm³/mol. The second-order valence-corrected chi connectivity index (χ2v) is 5.70. The van der Waals surface area contributed by atoms with Gasteiger partial charge in [-0.05, 0) is 44.3 Å². The van der Waals surface area contributed by atoms with Crippen molar-refractivity contribution in [3.05, 3.63) is 59.7 Å². The number of ether oxygens (including phenoxy) is 1. The maximum absolute atomic E-state index is 12.6. The van der Waals surface area contributed by atoms with Crippen LogP contribution in [0, 0.1) is 6.92 Å². The Labute approximate surface area is 144 Å². The molecule has 0 aromatic heterocycles. The first-order chi connectivity index (χ1) is 11.6. The molecule has 0 aliphatic rings. The smallest absolute Gasteiger partial charge is 0.259 e. The molecule has 4 heteroatoms. The number of benzene rings is 2. The summed E-state index contributed by atoms with van der Waals surface area (Å²) in [6.07, 6.45) is 0. The molecule has 0 bridgehead atoms. The number of anilines is 1. The number of para-hydroxylation sites is 1. The third-order valence-corrected chi connectivity index (χ3v) is 3.97. The van der Waals surface area contributed by atoms with Crippen molar-refractivity contribution in [2.75, 3.05) is 31.6 Å². The first-order valence-corrected chi connectivity index (χ1v) is 8.46. The first-order valence-electron chi connectivity index (χ1n) is 8.46. The Hall–Kier alpha value is -2.33. The van der Waals surface area contributed by atoms with Gasteiger partial charge in [-0.3, -0.25) is 4.79 Å². The minimum Gasteiger partial charge on any atom is -0.491 e. The molecule has 1 amide bonds. The number of amides is 1. The Balaban J connectivity index is 2.08. The number of carbonyl (C=O) groups is 1. The van der Waals surface area contributed by atoms with E-state index in [0.29, 0.717) is 17.9 Å². The van der Waals surface area contributed by atoms with Crippen LogP contribution in [0.2, 0.25) is 0 Å². The molecular weight excluding hydrogens is 300 g/mol. The van der Waals surface area contributed by atoms with Gasteiger partial charge in [0.2, 0.25) is 0 Å². The van der Waals surface area contributed by atoms with Gasteiger partial charge in [-0.1, -0.05) is 43.7 Å². The van der Waals surface area contributed by atoms with Crippen LogP contribution in [0.1, 0.15) is 29.8 Å². The molecule has 1 N–H and O–H groups in total.